The van der Waals surface area contributed by atoms with Gasteiger partial charge in [0.05, 0.1) is 6.42 Å². The number of Topliss-reactive ketones (excluding diaryl/α,β-unsaturated/α-hetero) is 1. The van der Waals surface area contributed by atoms with Gasteiger partial charge in [0.25, 0.3) is 5.91 Å². The van der Waals surface area contributed by atoms with E-state index >= 15 is 0 Å². The van der Waals surface area contributed by atoms with Crippen LogP contribution in [0.5, 0.6) is 0 Å². The summed E-state index contributed by atoms with van der Waals surface area (Å²) in [5.74, 6) is -0.634. The van der Waals surface area contributed by atoms with E-state index in [-0.39, 0.29) is 37.2 Å². The van der Waals surface area contributed by atoms with Crippen LogP contribution in [0.4, 0.5) is 4.39 Å². The van der Waals surface area contributed by atoms with Crippen LogP contribution in [-0.2, 0) is 14.3 Å². The zero-order chi connectivity index (χ0) is 19.1. The Balaban J connectivity index is 1.68. The van der Waals surface area contributed by atoms with E-state index in [9.17, 15) is 18.8 Å². The number of amides is 1. The van der Waals surface area contributed by atoms with E-state index < -0.39 is 11.8 Å². The van der Waals surface area contributed by atoms with E-state index in [0.29, 0.717) is 17.4 Å². The van der Waals surface area contributed by atoms with Crippen molar-refractivity contribution < 1.29 is 23.5 Å². The van der Waals surface area contributed by atoms with Gasteiger partial charge in [0.2, 0.25) is 0 Å². The van der Waals surface area contributed by atoms with Gasteiger partial charge in [-0.25, -0.2) is 4.39 Å². The van der Waals surface area contributed by atoms with Gasteiger partial charge < -0.3 is 10.1 Å². The fourth-order valence-corrected chi connectivity index (χ4v) is 3.25. The van der Waals surface area contributed by atoms with Gasteiger partial charge in [0, 0.05) is 18.0 Å². The van der Waals surface area contributed by atoms with Gasteiger partial charge in [0.1, 0.15) is 5.82 Å². The van der Waals surface area contributed by atoms with Crippen molar-refractivity contribution in [2.24, 2.45) is 11.8 Å². The highest BCUT2D eigenvalue weighted by molar-refractivity contribution is 5.97. The van der Waals surface area contributed by atoms with Crippen molar-refractivity contribution in [1.29, 1.82) is 0 Å². The lowest BCUT2D eigenvalue weighted by Crippen LogP contribution is -2.45. The summed E-state index contributed by atoms with van der Waals surface area (Å²) < 4.78 is 17.8. The molecular formula is C20H26FNO4. The summed E-state index contributed by atoms with van der Waals surface area (Å²) in [5, 5.41) is 2.93. The third-order valence-corrected chi connectivity index (χ3v) is 5.14. The minimum absolute atomic E-state index is 0.0384. The highest BCUT2D eigenvalue weighted by atomic mass is 19.1. The fraction of sp³-hybridized carbons (Fsp3) is 0.550. The Morgan fingerprint density at radius 1 is 1.12 bits per heavy atom. The average molecular weight is 363 g/mol. The van der Waals surface area contributed by atoms with Gasteiger partial charge in [-0.3, -0.25) is 14.4 Å². The second kappa shape index (κ2) is 9.46. The molecule has 0 aliphatic heterocycles. The second-order valence-corrected chi connectivity index (χ2v) is 7.03. The summed E-state index contributed by atoms with van der Waals surface area (Å²) in [7, 11) is 0. The molecular weight excluding hydrogens is 337 g/mol. The zero-order valence-corrected chi connectivity index (χ0v) is 15.3. The van der Waals surface area contributed by atoms with E-state index in [2.05, 4.69) is 19.2 Å². The molecule has 5 nitrogen and oxygen atoms in total. The smallest absolute Gasteiger partial charge is 0.306 e. The molecule has 1 N–H and O–H groups in total. The Labute approximate surface area is 153 Å². The van der Waals surface area contributed by atoms with Gasteiger partial charge in [-0.2, -0.15) is 0 Å². The number of hydrogen-bond acceptors (Lipinski definition) is 4. The Morgan fingerprint density at radius 2 is 1.81 bits per heavy atom. The molecule has 0 spiro atoms. The third kappa shape index (κ3) is 5.93. The monoisotopic (exact) mass is 363 g/mol. The number of esters is 1. The van der Waals surface area contributed by atoms with Gasteiger partial charge in [-0.15, -0.1) is 0 Å². The molecule has 0 aromatic heterocycles. The van der Waals surface area contributed by atoms with Crippen LogP contribution in [0.1, 0.15) is 56.3 Å². The predicted octanol–water partition coefficient (Wildman–Crippen LogP) is 3.27. The van der Waals surface area contributed by atoms with Crippen LogP contribution >= 0.6 is 0 Å². The largest absolute Gasteiger partial charge is 0.456 e. The number of rotatable bonds is 7. The van der Waals surface area contributed by atoms with Crippen LogP contribution in [0.25, 0.3) is 0 Å². The van der Waals surface area contributed by atoms with E-state index in [1.54, 1.807) is 0 Å². The summed E-state index contributed by atoms with van der Waals surface area (Å²) in [6.07, 6.45) is 3.05. The van der Waals surface area contributed by atoms with Crippen molar-refractivity contribution in [2.45, 2.75) is 52.0 Å². The standard InChI is InChI=1S/C20H26FNO4/c1-13-4-3-5-17(14(13)2)22-19(24)12-26-20(25)11-10-18(23)15-6-8-16(21)9-7-15/h6-9,13-14,17H,3-5,10-12H2,1-2H3,(H,22,24)/t13-,14+,17-/m0/s1. The predicted molar refractivity (Wildman–Crippen MR) is 95.0 cm³/mol. The first-order valence-corrected chi connectivity index (χ1v) is 9.10. The molecule has 142 valence electrons. The Bertz CT molecular complexity index is 644. The topological polar surface area (TPSA) is 72.5 Å². The summed E-state index contributed by atoms with van der Waals surface area (Å²) >= 11 is 0. The van der Waals surface area contributed by atoms with Crippen LogP contribution in [-0.4, -0.2) is 30.3 Å². The van der Waals surface area contributed by atoms with Gasteiger partial charge in [0.15, 0.2) is 12.4 Å². The summed E-state index contributed by atoms with van der Waals surface area (Å²) in [5.41, 5.74) is 0.345. The Kier molecular flexibility index (Phi) is 7.30. The number of carbonyl (C=O) groups excluding carboxylic acids is 3. The highest BCUT2D eigenvalue weighted by Gasteiger charge is 2.28. The summed E-state index contributed by atoms with van der Waals surface area (Å²) in [6.45, 7) is 3.98. The molecule has 0 bridgehead atoms. The van der Waals surface area contributed by atoms with Gasteiger partial charge >= 0.3 is 5.97 Å². The molecule has 1 aliphatic carbocycles. The molecule has 2 rings (SSSR count). The molecule has 0 radical (unpaired) electrons. The van der Waals surface area contributed by atoms with Crippen LogP contribution in [0.15, 0.2) is 24.3 Å². The average Bonchev–Trinajstić information content (AvgIpc) is 2.62. The minimum atomic E-state index is -0.597. The maximum absolute atomic E-state index is 12.8. The van der Waals surface area contributed by atoms with Gasteiger partial charge in [-0.05, 0) is 42.5 Å². The number of ether oxygens (including phenoxy) is 1. The number of benzene rings is 1. The molecule has 1 amide bonds. The Morgan fingerprint density at radius 3 is 2.50 bits per heavy atom. The van der Waals surface area contributed by atoms with Gasteiger partial charge in [-0.1, -0.05) is 26.7 Å². The van der Waals surface area contributed by atoms with Crippen LogP contribution in [0, 0.1) is 17.7 Å². The van der Waals surface area contributed by atoms with Crippen molar-refractivity contribution >= 4 is 17.7 Å². The lowest BCUT2D eigenvalue weighted by Gasteiger charge is -2.34. The van der Waals surface area contributed by atoms with E-state index in [4.69, 9.17) is 4.74 Å². The maximum Gasteiger partial charge on any atom is 0.306 e. The molecule has 0 heterocycles. The van der Waals surface area contributed by atoms with E-state index in [1.807, 2.05) is 0 Å². The first-order chi connectivity index (χ1) is 12.4. The molecule has 0 saturated heterocycles. The van der Waals surface area contributed by atoms with Crippen LogP contribution in [0.2, 0.25) is 0 Å². The Hall–Kier alpha value is -2.24. The molecule has 1 aromatic carbocycles. The number of halogens is 1. The molecule has 1 aliphatic rings. The number of hydrogen-bond donors (Lipinski definition) is 1. The van der Waals surface area contributed by atoms with Crippen LogP contribution in [0.3, 0.4) is 0 Å². The number of nitrogens with one attached hydrogen (secondary N) is 1. The number of ketones is 1. The molecule has 1 fully saturated rings. The third-order valence-electron chi connectivity index (χ3n) is 5.14. The summed E-state index contributed by atoms with van der Waals surface area (Å²) in [4.78, 5) is 35.6. The summed E-state index contributed by atoms with van der Waals surface area (Å²) in [6, 6.07) is 5.27. The molecule has 26 heavy (non-hydrogen) atoms. The van der Waals surface area contributed by atoms with E-state index in [1.165, 1.54) is 30.7 Å². The first-order valence-electron chi connectivity index (χ1n) is 9.10. The number of carbonyl (C=O) groups is 3. The molecule has 3 atom stereocenters. The zero-order valence-electron chi connectivity index (χ0n) is 15.3. The lowest BCUT2D eigenvalue weighted by atomic mass is 9.78. The molecule has 6 heteroatoms. The van der Waals surface area contributed by atoms with E-state index in [0.717, 1.165) is 12.8 Å². The quantitative estimate of drug-likeness (QED) is 0.596. The first kappa shape index (κ1) is 20.1. The van der Waals surface area contributed by atoms with Crippen molar-refractivity contribution in [3.63, 3.8) is 0 Å². The normalized spacial score (nSPS) is 22.5. The lowest BCUT2D eigenvalue weighted by molar-refractivity contribution is -0.148. The van der Waals surface area contributed by atoms with Crippen molar-refractivity contribution in [3.8, 4) is 0 Å². The minimum Gasteiger partial charge on any atom is -0.456 e. The second-order valence-electron chi connectivity index (χ2n) is 7.03. The van der Waals surface area contributed by atoms with Crippen molar-refractivity contribution in [1.82, 2.24) is 5.32 Å². The van der Waals surface area contributed by atoms with Crippen LogP contribution < -0.4 is 5.32 Å². The molecule has 1 aromatic rings. The van der Waals surface area contributed by atoms with Crippen molar-refractivity contribution in [3.05, 3.63) is 35.6 Å². The SMILES string of the molecule is C[C@H]1[C@@H](NC(=O)COC(=O)CCC(=O)c2ccc(F)cc2)CCC[C@@H]1C. The maximum atomic E-state index is 12.8. The fourth-order valence-electron chi connectivity index (χ4n) is 3.25. The molecule has 0 unspecified atom stereocenters. The highest BCUT2D eigenvalue weighted by Crippen LogP contribution is 2.29. The van der Waals surface area contributed by atoms with Crippen molar-refractivity contribution in [2.75, 3.05) is 6.61 Å². The molecule has 1 saturated carbocycles.